The summed E-state index contributed by atoms with van der Waals surface area (Å²) in [6.45, 7) is 7.89. The van der Waals surface area contributed by atoms with E-state index in [1.165, 1.54) is 29.2 Å². The number of nitrogens with zero attached hydrogens (tertiary/aromatic N) is 7. The Morgan fingerprint density at radius 2 is 1.23 bits per heavy atom. The Balaban J connectivity index is 0.000000179. The third-order valence-corrected chi connectivity index (χ3v) is 10.6. The summed E-state index contributed by atoms with van der Waals surface area (Å²) in [4.78, 5) is 22.1. The number of carboxylic acid groups (broad SMARTS) is 1. The van der Waals surface area contributed by atoms with Crippen molar-refractivity contribution < 1.29 is 28.9 Å². The Kier molecular flexibility index (Phi) is 11.1. The van der Waals surface area contributed by atoms with Gasteiger partial charge in [-0.2, -0.15) is 9.97 Å². The third-order valence-electron chi connectivity index (χ3n) is 10.6. The van der Waals surface area contributed by atoms with E-state index < -0.39 is 17.3 Å². The van der Waals surface area contributed by atoms with Gasteiger partial charge in [-0.3, -0.25) is 0 Å². The normalized spacial score (nSPS) is 19.6. The smallest absolute Gasteiger partial charge is 0.407 e. The Labute approximate surface area is 328 Å². The molecule has 2 aromatic carbocycles. The second kappa shape index (κ2) is 16.0. The number of piperidine rings is 2. The van der Waals surface area contributed by atoms with Crippen molar-refractivity contribution in [3.05, 3.63) is 108 Å². The number of benzene rings is 2. The standard InChI is InChI=1S/C23H28FN5O3.C18H20FN5O/c1-22(2,3)18-14-23(32,11-12-28(18)21(30)31)13-17-5-4-6-19-26-20(27-29(17)19)25-16-9-7-15(24)8-10-16;19-13-4-6-14(7-5-13)21-17-22-16-3-1-2-15(24(16)23-17)12-18(25)8-10-20-11-9-18/h4-10,18,32H,11-14H2,1-3H3,(H,25,27)(H,30,31);1-7,20,25H,8-12H2,(H,21,23). The molecule has 6 aromatic rings. The number of anilines is 4. The van der Waals surface area contributed by atoms with Crippen molar-refractivity contribution in [2.24, 2.45) is 5.41 Å². The SMILES string of the molecule is CC(C)(C)C1CC(O)(Cc2cccc3nc(Nc4ccc(F)cc4)nn23)CCN1C(=O)O.OC1(Cc2cccc3nc(Nc4ccc(F)cc4)nn23)CCNCC1. The fraction of sp³-hybridized carbons (Fsp3) is 0.390. The molecule has 6 heterocycles. The lowest BCUT2D eigenvalue weighted by Gasteiger charge is -2.48. The highest BCUT2D eigenvalue weighted by molar-refractivity contribution is 5.66. The zero-order valence-corrected chi connectivity index (χ0v) is 32.2. The topological polar surface area (TPSA) is 177 Å². The van der Waals surface area contributed by atoms with E-state index in [0.29, 0.717) is 54.6 Å². The molecule has 4 aromatic heterocycles. The highest BCUT2D eigenvalue weighted by atomic mass is 19.1. The average molecular weight is 783 g/mol. The van der Waals surface area contributed by atoms with E-state index in [2.05, 4.69) is 36.1 Å². The predicted octanol–water partition coefficient (Wildman–Crippen LogP) is 6.34. The molecule has 2 aliphatic rings. The third kappa shape index (κ3) is 9.47. The molecule has 0 aliphatic carbocycles. The highest BCUT2D eigenvalue weighted by Crippen LogP contribution is 2.38. The highest BCUT2D eigenvalue weighted by Gasteiger charge is 2.45. The maximum Gasteiger partial charge on any atom is 0.407 e. The lowest BCUT2D eigenvalue weighted by atomic mass is 9.73. The van der Waals surface area contributed by atoms with Gasteiger partial charge in [0.2, 0.25) is 11.9 Å². The van der Waals surface area contributed by atoms with Crippen molar-refractivity contribution in [1.82, 2.24) is 39.4 Å². The summed E-state index contributed by atoms with van der Waals surface area (Å²) < 4.78 is 29.6. The molecule has 2 atom stereocenters. The summed E-state index contributed by atoms with van der Waals surface area (Å²) in [6.07, 6.45) is 2.03. The summed E-state index contributed by atoms with van der Waals surface area (Å²) in [7, 11) is 0. The molecule has 2 saturated heterocycles. The van der Waals surface area contributed by atoms with Crippen molar-refractivity contribution >= 4 is 40.7 Å². The van der Waals surface area contributed by atoms with Gasteiger partial charge in [-0.25, -0.2) is 22.6 Å². The van der Waals surface area contributed by atoms with E-state index in [1.807, 2.05) is 57.2 Å². The van der Waals surface area contributed by atoms with Gasteiger partial charge in [0.25, 0.3) is 0 Å². The van der Waals surface area contributed by atoms with Gasteiger partial charge in [-0.05, 0) is 117 Å². The van der Waals surface area contributed by atoms with Crippen LogP contribution in [0.2, 0.25) is 0 Å². The van der Waals surface area contributed by atoms with Crippen molar-refractivity contribution in [3.8, 4) is 0 Å². The first-order chi connectivity index (χ1) is 27.2. The quantitative estimate of drug-likeness (QED) is 0.102. The summed E-state index contributed by atoms with van der Waals surface area (Å²) in [5.74, 6) is 0.197. The van der Waals surface area contributed by atoms with Gasteiger partial charge >= 0.3 is 6.09 Å². The van der Waals surface area contributed by atoms with Gasteiger partial charge in [-0.1, -0.05) is 32.9 Å². The molecule has 57 heavy (non-hydrogen) atoms. The van der Waals surface area contributed by atoms with Crippen LogP contribution in [0.25, 0.3) is 11.3 Å². The summed E-state index contributed by atoms with van der Waals surface area (Å²) in [5.41, 5.74) is 2.32. The minimum absolute atomic E-state index is 0.276. The van der Waals surface area contributed by atoms with E-state index in [1.54, 1.807) is 33.3 Å². The molecular weight excluding hydrogens is 735 g/mol. The number of pyridine rings is 2. The van der Waals surface area contributed by atoms with Crippen LogP contribution in [-0.2, 0) is 12.8 Å². The van der Waals surface area contributed by atoms with E-state index in [-0.39, 0.29) is 29.6 Å². The maximum absolute atomic E-state index is 13.2. The molecule has 0 saturated carbocycles. The number of rotatable bonds is 8. The summed E-state index contributed by atoms with van der Waals surface area (Å²) >= 11 is 0. The first-order valence-corrected chi connectivity index (χ1v) is 19.1. The second-order valence-corrected chi connectivity index (χ2v) is 16.1. The molecular formula is C41H48F2N10O4. The molecule has 2 aliphatic heterocycles. The summed E-state index contributed by atoms with van der Waals surface area (Å²) in [6, 6.07) is 23.0. The molecule has 0 spiro atoms. The molecule has 8 rings (SSSR count). The van der Waals surface area contributed by atoms with Crippen LogP contribution in [0.1, 0.15) is 57.8 Å². The lowest BCUT2D eigenvalue weighted by Crippen LogP contribution is -2.57. The van der Waals surface area contributed by atoms with E-state index in [9.17, 15) is 28.9 Å². The van der Waals surface area contributed by atoms with Crippen LogP contribution in [-0.4, -0.2) is 92.4 Å². The van der Waals surface area contributed by atoms with Gasteiger partial charge in [0.05, 0.1) is 11.2 Å². The largest absolute Gasteiger partial charge is 0.465 e. The number of halogens is 2. The summed E-state index contributed by atoms with van der Waals surface area (Å²) in [5, 5.41) is 50.3. The number of likely N-dealkylation sites (tertiary alicyclic amines) is 1. The number of aliphatic hydroxyl groups is 2. The minimum Gasteiger partial charge on any atom is -0.465 e. The maximum atomic E-state index is 13.2. The van der Waals surface area contributed by atoms with Crippen LogP contribution in [0.3, 0.4) is 0 Å². The fourth-order valence-corrected chi connectivity index (χ4v) is 7.58. The van der Waals surface area contributed by atoms with Gasteiger partial charge < -0.3 is 36.2 Å². The molecule has 16 heteroatoms. The van der Waals surface area contributed by atoms with Crippen LogP contribution in [0, 0.1) is 17.0 Å². The predicted molar refractivity (Wildman–Crippen MR) is 212 cm³/mol. The second-order valence-electron chi connectivity index (χ2n) is 16.1. The van der Waals surface area contributed by atoms with Gasteiger partial charge in [0.1, 0.15) is 11.6 Å². The lowest BCUT2D eigenvalue weighted by molar-refractivity contribution is -0.0643. The molecule has 2 fully saturated rings. The van der Waals surface area contributed by atoms with Crippen molar-refractivity contribution in [2.45, 2.75) is 76.5 Å². The zero-order valence-electron chi connectivity index (χ0n) is 32.2. The Morgan fingerprint density at radius 1 is 0.754 bits per heavy atom. The molecule has 6 N–H and O–H groups in total. The number of amides is 1. The van der Waals surface area contributed by atoms with E-state index >= 15 is 0 Å². The van der Waals surface area contributed by atoms with E-state index in [0.717, 1.165) is 43.0 Å². The van der Waals surface area contributed by atoms with Crippen LogP contribution in [0.5, 0.6) is 0 Å². The van der Waals surface area contributed by atoms with Crippen LogP contribution in [0.15, 0.2) is 84.9 Å². The number of hydrogen-bond acceptors (Lipinski definition) is 10. The number of nitrogens with one attached hydrogen (secondary N) is 3. The molecule has 300 valence electrons. The Morgan fingerprint density at radius 3 is 1.68 bits per heavy atom. The molecule has 14 nitrogen and oxygen atoms in total. The monoisotopic (exact) mass is 782 g/mol. The first-order valence-electron chi connectivity index (χ1n) is 19.1. The minimum atomic E-state index is -1.06. The van der Waals surface area contributed by atoms with Gasteiger partial charge in [0, 0.05) is 48.2 Å². The molecule has 1 amide bonds. The molecule has 2 unspecified atom stereocenters. The number of fused-ring (bicyclic) bond motifs is 2. The van der Waals surface area contributed by atoms with Crippen LogP contribution >= 0.6 is 0 Å². The average Bonchev–Trinajstić information content (AvgIpc) is 3.78. The first kappa shape index (κ1) is 39.5. The van der Waals surface area contributed by atoms with Gasteiger partial charge in [0.15, 0.2) is 11.3 Å². The molecule has 0 radical (unpaired) electrons. The van der Waals surface area contributed by atoms with Crippen LogP contribution in [0.4, 0.5) is 36.8 Å². The zero-order chi connectivity index (χ0) is 40.4. The van der Waals surface area contributed by atoms with Crippen molar-refractivity contribution in [1.29, 1.82) is 0 Å². The van der Waals surface area contributed by atoms with Crippen molar-refractivity contribution in [2.75, 3.05) is 30.3 Å². The van der Waals surface area contributed by atoms with E-state index in [4.69, 9.17) is 0 Å². The Hall–Kier alpha value is -5.71. The van der Waals surface area contributed by atoms with Gasteiger partial charge in [-0.15, -0.1) is 10.2 Å². The van der Waals surface area contributed by atoms with Crippen molar-refractivity contribution in [3.63, 3.8) is 0 Å². The number of hydrogen-bond donors (Lipinski definition) is 6. The molecule has 0 bridgehead atoms. The van der Waals surface area contributed by atoms with Crippen LogP contribution < -0.4 is 16.0 Å². The Bertz CT molecular complexity index is 2320. The fourth-order valence-electron chi connectivity index (χ4n) is 7.58. The number of carbonyl (C=O) groups is 1. The number of aromatic nitrogens is 6.